The van der Waals surface area contributed by atoms with E-state index in [-0.39, 0.29) is 11.9 Å². The first-order chi connectivity index (χ1) is 8.49. The fourth-order valence-electron chi connectivity index (χ4n) is 1.76. The van der Waals surface area contributed by atoms with Gasteiger partial charge in [-0.05, 0) is 38.7 Å². The maximum atomic E-state index is 12.3. The minimum atomic E-state index is 0.000230. The highest BCUT2D eigenvalue weighted by atomic mass is 32.2. The normalized spacial score (nSPS) is 12.5. The van der Waals surface area contributed by atoms with Gasteiger partial charge in [-0.15, -0.1) is 0 Å². The molecule has 1 amide bonds. The number of rotatable bonds is 6. The minimum absolute atomic E-state index is 0.000230. The summed E-state index contributed by atoms with van der Waals surface area (Å²) in [5.74, 6) is 2.80. The molecule has 1 aromatic heterocycles. The van der Waals surface area contributed by atoms with Crippen LogP contribution in [0.15, 0.2) is 4.52 Å². The van der Waals surface area contributed by atoms with Crippen molar-refractivity contribution in [2.24, 2.45) is 0 Å². The van der Waals surface area contributed by atoms with Crippen LogP contribution in [-0.2, 0) is 0 Å². The Hall–Kier alpha value is -0.970. The van der Waals surface area contributed by atoms with E-state index in [1.165, 1.54) is 0 Å². The predicted molar refractivity (Wildman–Crippen MR) is 75.1 cm³/mol. The van der Waals surface area contributed by atoms with Crippen molar-refractivity contribution in [2.75, 3.05) is 18.6 Å². The molecule has 0 spiro atoms. The zero-order chi connectivity index (χ0) is 13.7. The number of carbonyl (C=O) groups is 1. The fraction of sp³-hybridized carbons (Fsp3) is 0.692. The molecule has 5 heteroatoms. The lowest BCUT2D eigenvalue weighted by Crippen LogP contribution is -2.36. The lowest BCUT2D eigenvalue weighted by molar-refractivity contribution is 0.0739. The van der Waals surface area contributed by atoms with Gasteiger partial charge in [0.2, 0.25) is 0 Å². The zero-order valence-electron chi connectivity index (χ0n) is 11.8. The second-order valence-electron chi connectivity index (χ2n) is 4.45. The molecule has 102 valence electrons. The number of hydrogen-bond acceptors (Lipinski definition) is 4. The summed E-state index contributed by atoms with van der Waals surface area (Å²) in [6, 6.07) is 0.227. The summed E-state index contributed by atoms with van der Waals surface area (Å²) in [5.41, 5.74) is 1.27. The quantitative estimate of drug-likeness (QED) is 0.746. The lowest BCUT2D eigenvalue weighted by atomic mass is 10.1. The van der Waals surface area contributed by atoms with Gasteiger partial charge in [0.15, 0.2) is 0 Å². The number of hydrogen-bond donors (Lipinski definition) is 0. The topological polar surface area (TPSA) is 46.3 Å². The predicted octanol–water partition coefficient (Wildman–Crippen LogP) is 2.90. The van der Waals surface area contributed by atoms with E-state index < -0.39 is 0 Å². The van der Waals surface area contributed by atoms with Crippen LogP contribution in [0.25, 0.3) is 0 Å². The molecule has 0 aliphatic heterocycles. The van der Waals surface area contributed by atoms with E-state index in [4.69, 9.17) is 4.52 Å². The first kappa shape index (κ1) is 15.1. The minimum Gasteiger partial charge on any atom is -0.361 e. The molecule has 4 nitrogen and oxygen atoms in total. The van der Waals surface area contributed by atoms with Crippen molar-refractivity contribution >= 4 is 17.7 Å². The van der Waals surface area contributed by atoms with Gasteiger partial charge < -0.3 is 9.42 Å². The fourth-order valence-corrected chi connectivity index (χ4v) is 2.55. The Morgan fingerprint density at radius 3 is 2.67 bits per heavy atom. The maximum Gasteiger partial charge on any atom is 0.259 e. The van der Waals surface area contributed by atoms with Crippen LogP contribution in [0.5, 0.6) is 0 Å². The Labute approximate surface area is 113 Å². The number of carbonyl (C=O) groups excluding carboxylic acids is 1. The number of aryl methyl sites for hydroxylation is 2. The molecule has 0 aliphatic rings. The third-order valence-corrected chi connectivity index (χ3v) is 4.05. The van der Waals surface area contributed by atoms with Gasteiger partial charge in [-0.25, -0.2) is 0 Å². The largest absolute Gasteiger partial charge is 0.361 e. The molecule has 0 N–H and O–H groups in total. The molecule has 0 bridgehead atoms. The number of amides is 1. The molecule has 1 atom stereocenters. The number of aromatic nitrogens is 1. The van der Waals surface area contributed by atoms with Crippen LogP contribution in [0, 0.1) is 13.8 Å². The summed E-state index contributed by atoms with van der Waals surface area (Å²) < 4.78 is 5.04. The van der Waals surface area contributed by atoms with Gasteiger partial charge in [0, 0.05) is 13.1 Å². The van der Waals surface area contributed by atoms with Gasteiger partial charge in [0.25, 0.3) is 5.91 Å². The summed E-state index contributed by atoms with van der Waals surface area (Å²) in [7, 11) is 1.84. The van der Waals surface area contributed by atoms with Gasteiger partial charge in [-0.2, -0.15) is 11.8 Å². The van der Waals surface area contributed by atoms with Gasteiger partial charge in [0.1, 0.15) is 11.3 Å². The first-order valence-corrected chi connectivity index (χ1v) is 7.42. The second kappa shape index (κ2) is 6.83. The van der Waals surface area contributed by atoms with Gasteiger partial charge in [-0.3, -0.25) is 4.79 Å². The summed E-state index contributed by atoms with van der Waals surface area (Å²) >= 11 is 1.90. The van der Waals surface area contributed by atoms with Crippen LogP contribution in [0.2, 0.25) is 0 Å². The summed E-state index contributed by atoms with van der Waals surface area (Å²) in [4.78, 5) is 14.1. The smallest absolute Gasteiger partial charge is 0.259 e. The molecule has 0 unspecified atom stereocenters. The zero-order valence-corrected chi connectivity index (χ0v) is 12.6. The summed E-state index contributed by atoms with van der Waals surface area (Å²) in [5, 5.41) is 3.83. The van der Waals surface area contributed by atoms with E-state index >= 15 is 0 Å². The Balaban J connectivity index is 2.66. The molecule has 1 aromatic rings. The third kappa shape index (κ3) is 3.51. The van der Waals surface area contributed by atoms with E-state index in [2.05, 4.69) is 19.0 Å². The van der Waals surface area contributed by atoms with Crippen LogP contribution in [0.3, 0.4) is 0 Å². The van der Waals surface area contributed by atoms with Gasteiger partial charge >= 0.3 is 0 Å². The van der Waals surface area contributed by atoms with Gasteiger partial charge in [0.05, 0.1) is 5.69 Å². The molecule has 0 saturated heterocycles. The highest BCUT2D eigenvalue weighted by Crippen LogP contribution is 2.17. The molecule has 0 fully saturated rings. The SMILES string of the molecule is CCSCC[C@H](C)N(C)C(=O)c1c(C)noc1C. The first-order valence-electron chi connectivity index (χ1n) is 6.26. The molecule has 0 saturated carbocycles. The van der Waals surface area contributed by atoms with Crippen molar-refractivity contribution in [2.45, 2.75) is 40.2 Å². The number of nitrogens with zero attached hydrogens (tertiary/aromatic N) is 2. The average Bonchev–Trinajstić information content (AvgIpc) is 2.67. The Morgan fingerprint density at radius 1 is 1.50 bits per heavy atom. The van der Waals surface area contributed by atoms with Crippen LogP contribution in [-0.4, -0.2) is 40.6 Å². The van der Waals surface area contributed by atoms with E-state index in [9.17, 15) is 4.79 Å². The Kier molecular flexibility index (Phi) is 5.72. The van der Waals surface area contributed by atoms with E-state index in [1.54, 1.807) is 18.7 Å². The summed E-state index contributed by atoms with van der Waals surface area (Å²) in [6.45, 7) is 7.80. The standard InChI is InChI=1S/C13H22N2O2S/c1-6-18-8-7-9(2)15(5)13(16)12-10(3)14-17-11(12)4/h9H,6-8H2,1-5H3/t9-/m0/s1. The monoisotopic (exact) mass is 270 g/mol. The van der Waals surface area contributed by atoms with E-state index in [1.807, 2.05) is 18.8 Å². The van der Waals surface area contributed by atoms with E-state index in [0.717, 1.165) is 17.9 Å². The average molecular weight is 270 g/mol. The summed E-state index contributed by atoms with van der Waals surface area (Å²) in [6.07, 6.45) is 1.00. The molecule has 0 aromatic carbocycles. The molecule has 18 heavy (non-hydrogen) atoms. The van der Waals surface area contributed by atoms with Crippen LogP contribution in [0.1, 0.15) is 42.1 Å². The molecule has 0 radical (unpaired) electrons. The van der Waals surface area contributed by atoms with Crippen molar-refractivity contribution in [1.29, 1.82) is 0 Å². The third-order valence-electron chi connectivity index (χ3n) is 3.11. The van der Waals surface area contributed by atoms with E-state index in [0.29, 0.717) is 17.0 Å². The molecule has 1 heterocycles. The Morgan fingerprint density at radius 2 is 2.17 bits per heavy atom. The van der Waals surface area contributed by atoms with Crippen LogP contribution >= 0.6 is 11.8 Å². The second-order valence-corrected chi connectivity index (χ2v) is 5.84. The Bertz CT molecular complexity index is 384. The number of thioether (sulfide) groups is 1. The molecule has 1 rings (SSSR count). The lowest BCUT2D eigenvalue weighted by Gasteiger charge is -2.24. The maximum absolute atomic E-state index is 12.3. The van der Waals surface area contributed by atoms with Crippen molar-refractivity contribution in [3.63, 3.8) is 0 Å². The molecule has 0 aliphatic carbocycles. The van der Waals surface area contributed by atoms with Crippen molar-refractivity contribution in [3.05, 3.63) is 17.0 Å². The van der Waals surface area contributed by atoms with Crippen LogP contribution in [0.4, 0.5) is 0 Å². The highest BCUT2D eigenvalue weighted by molar-refractivity contribution is 7.99. The van der Waals surface area contributed by atoms with Crippen molar-refractivity contribution in [1.82, 2.24) is 10.1 Å². The molecular weight excluding hydrogens is 248 g/mol. The van der Waals surface area contributed by atoms with Gasteiger partial charge in [-0.1, -0.05) is 12.1 Å². The highest BCUT2D eigenvalue weighted by Gasteiger charge is 2.23. The van der Waals surface area contributed by atoms with Crippen molar-refractivity contribution in [3.8, 4) is 0 Å². The molecular formula is C13H22N2O2S. The van der Waals surface area contributed by atoms with Crippen molar-refractivity contribution < 1.29 is 9.32 Å². The van der Waals surface area contributed by atoms with Crippen LogP contribution < -0.4 is 0 Å².